The molecule has 0 saturated carbocycles. The second-order valence-corrected chi connectivity index (χ2v) is 3.67. The lowest BCUT2D eigenvalue weighted by molar-refractivity contribution is 0.415. The van der Waals surface area contributed by atoms with Crippen LogP contribution in [0.5, 0.6) is 5.75 Å². The van der Waals surface area contributed by atoms with E-state index < -0.39 is 0 Å². The molecule has 1 heteroatoms. The highest BCUT2D eigenvalue weighted by molar-refractivity contribution is 5.50. The van der Waals surface area contributed by atoms with Crippen LogP contribution in [0.4, 0.5) is 0 Å². The van der Waals surface area contributed by atoms with Crippen LogP contribution in [-0.4, -0.2) is 7.11 Å². The SMILES string of the molecule is CCCCC/C=C\c1ccc(OC)cc1. The maximum Gasteiger partial charge on any atom is 0.118 e. The molecular formula is C14H20O. The molecule has 1 rings (SSSR count). The summed E-state index contributed by atoms with van der Waals surface area (Å²) in [6.45, 7) is 2.23. The molecule has 0 atom stereocenters. The van der Waals surface area contributed by atoms with Crippen molar-refractivity contribution in [3.8, 4) is 5.75 Å². The molecule has 0 fully saturated rings. The zero-order chi connectivity index (χ0) is 10.9. The summed E-state index contributed by atoms with van der Waals surface area (Å²) in [6, 6.07) is 8.14. The fraction of sp³-hybridized carbons (Fsp3) is 0.429. The number of unbranched alkanes of at least 4 members (excludes halogenated alkanes) is 3. The monoisotopic (exact) mass is 204 g/mol. The highest BCUT2D eigenvalue weighted by atomic mass is 16.5. The summed E-state index contributed by atoms with van der Waals surface area (Å²) in [4.78, 5) is 0. The Labute approximate surface area is 92.8 Å². The minimum Gasteiger partial charge on any atom is -0.497 e. The van der Waals surface area contributed by atoms with Crippen LogP contribution in [0.15, 0.2) is 30.3 Å². The second kappa shape index (κ2) is 7.10. The Hall–Kier alpha value is -1.24. The summed E-state index contributed by atoms with van der Waals surface area (Å²) in [5.41, 5.74) is 1.24. The van der Waals surface area contributed by atoms with Gasteiger partial charge in [-0.2, -0.15) is 0 Å². The highest BCUT2D eigenvalue weighted by Gasteiger charge is 1.89. The lowest BCUT2D eigenvalue weighted by Crippen LogP contribution is -1.81. The first-order valence-corrected chi connectivity index (χ1v) is 5.67. The summed E-state index contributed by atoms with van der Waals surface area (Å²) in [5.74, 6) is 0.915. The molecule has 0 aliphatic carbocycles. The number of allylic oxidation sites excluding steroid dienone is 1. The van der Waals surface area contributed by atoms with Crippen molar-refractivity contribution in [2.45, 2.75) is 32.6 Å². The van der Waals surface area contributed by atoms with E-state index in [4.69, 9.17) is 4.74 Å². The summed E-state index contributed by atoms with van der Waals surface area (Å²) in [5, 5.41) is 0. The predicted octanol–water partition coefficient (Wildman–Crippen LogP) is 4.29. The smallest absolute Gasteiger partial charge is 0.118 e. The van der Waals surface area contributed by atoms with E-state index >= 15 is 0 Å². The number of hydrogen-bond acceptors (Lipinski definition) is 1. The van der Waals surface area contributed by atoms with Crippen molar-refractivity contribution in [3.05, 3.63) is 35.9 Å². The van der Waals surface area contributed by atoms with Crippen molar-refractivity contribution in [2.24, 2.45) is 0 Å². The van der Waals surface area contributed by atoms with Gasteiger partial charge in [0.1, 0.15) is 5.75 Å². The predicted molar refractivity (Wildman–Crippen MR) is 66.2 cm³/mol. The van der Waals surface area contributed by atoms with Gasteiger partial charge in [-0.3, -0.25) is 0 Å². The van der Waals surface area contributed by atoms with Crippen LogP contribution < -0.4 is 4.74 Å². The molecule has 0 bridgehead atoms. The van der Waals surface area contributed by atoms with E-state index in [0.717, 1.165) is 5.75 Å². The Balaban J connectivity index is 2.36. The number of rotatable bonds is 6. The molecule has 82 valence electrons. The van der Waals surface area contributed by atoms with Crippen molar-refractivity contribution in [2.75, 3.05) is 7.11 Å². The number of hydrogen-bond donors (Lipinski definition) is 0. The number of methoxy groups -OCH3 is 1. The molecule has 1 aromatic carbocycles. The van der Waals surface area contributed by atoms with E-state index in [1.54, 1.807) is 7.11 Å². The molecule has 1 aromatic rings. The van der Waals surface area contributed by atoms with Crippen LogP contribution >= 0.6 is 0 Å². The minimum atomic E-state index is 0.915. The quantitative estimate of drug-likeness (QED) is 0.628. The molecule has 0 amide bonds. The van der Waals surface area contributed by atoms with Crippen LogP contribution in [0.2, 0.25) is 0 Å². The van der Waals surface area contributed by atoms with Gasteiger partial charge in [0.2, 0.25) is 0 Å². The summed E-state index contributed by atoms with van der Waals surface area (Å²) >= 11 is 0. The Morgan fingerprint density at radius 1 is 1.13 bits per heavy atom. The first kappa shape index (κ1) is 11.8. The Kier molecular flexibility index (Phi) is 5.60. The molecular weight excluding hydrogens is 184 g/mol. The third kappa shape index (κ3) is 4.68. The van der Waals surface area contributed by atoms with Crippen molar-refractivity contribution in [1.29, 1.82) is 0 Å². The molecule has 0 aliphatic heterocycles. The van der Waals surface area contributed by atoms with Gasteiger partial charge in [0.05, 0.1) is 7.11 Å². The maximum absolute atomic E-state index is 5.10. The normalized spacial score (nSPS) is 10.8. The molecule has 0 N–H and O–H groups in total. The van der Waals surface area contributed by atoms with Gasteiger partial charge in [0.25, 0.3) is 0 Å². The molecule has 0 saturated heterocycles. The minimum absolute atomic E-state index is 0.915. The van der Waals surface area contributed by atoms with Gasteiger partial charge in [-0.1, -0.05) is 44.1 Å². The topological polar surface area (TPSA) is 9.23 Å². The van der Waals surface area contributed by atoms with E-state index in [1.807, 2.05) is 12.1 Å². The number of ether oxygens (including phenoxy) is 1. The molecule has 15 heavy (non-hydrogen) atoms. The molecule has 1 nitrogen and oxygen atoms in total. The van der Waals surface area contributed by atoms with Gasteiger partial charge in [0, 0.05) is 0 Å². The molecule has 0 aromatic heterocycles. The maximum atomic E-state index is 5.10. The first-order chi connectivity index (χ1) is 7.36. The van der Waals surface area contributed by atoms with Crippen molar-refractivity contribution in [3.63, 3.8) is 0 Å². The third-order valence-electron chi connectivity index (χ3n) is 2.40. The van der Waals surface area contributed by atoms with Crippen molar-refractivity contribution in [1.82, 2.24) is 0 Å². The van der Waals surface area contributed by atoms with Crippen LogP contribution in [0, 0.1) is 0 Å². The van der Waals surface area contributed by atoms with Crippen molar-refractivity contribution < 1.29 is 4.74 Å². The van der Waals surface area contributed by atoms with Gasteiger partial charge in [0.15, 0.2) is 0 Å². The lowest BCUT2D eigenvalue weighted by atomic mass is 10.1. The zero-order valence-corrected chi connectivity index (χ0v) is 9.70. The van der Waals surface area contributed by atoms with Gasteiger partial charge in [-0.15, -0.1) is 0 Å². The first-order valence-electron chi connectivity index (χ1n) is 5.67. The van der Waals surface area contributed by atoms with E-state index in [1.165, 1.54) is 31.2 Å². The Morgan fingerprint density at radius 2 is 1.87 bits per heavy atom. The molecule has 0 aliphatic rings. The molecule has 0 radical (unpaired) electrons. The fourth-order valence-corrected chi connectivity index (χ4v) is 1.45. The highest BCUT2D eigenvalue weighted by Crippen LogP contribution is 2.12. The van der Waals surface area contributed by atoms with E-state index in [9.17, 15) is 0 Å². The summed E-state index contributed by atoms with van der Waals surface area (Å²) in [7, 11) is 1.69. The summed E-state index contributed by atoms with van der Waals surface area (Å²) in [6.07, 6.45) is 9.51. The van der Waals surface area contributed by atoms with Gasteiger partial charge in [-0.05, 0) is 30.5 Å². The van der Waals surface area contributed by atoms with Crippen molar-refractivity contribution >= 4 is 6.08 Å². The molecule has 0 spiro atoms. The molecule has 0 heterocycles. The Morgan fingerprint density at radius 3 is 2.47 bits per heavy atom. The average Bonchev–Trinajstić information content (AvgIpc) is 2.30. The fourth-order valence-electron chi connectivity index (χ4n) is 1.45. The van der Waals surface area contributed by atoms with Gasteiger partial charge >= 0.3 is 0 Å². The van der Waals surface area contributed by atoms with Gasteiger partial charge < -0.3 is 4.74 Å². The Bertz CT molecular complexity index is 285. The van der Waals surface area contributed by atoms with E-state index in [2.05, 4.69) is 31.2 Å². The summed E-state index contributed by atoms with van der Waals surface area (Å²) < 4.78 is 5.10. The lowest BCUT2D eigenvalue weighted by Gasteiger charge is -1.99. The van der Waals surface area contributed by atoms with E-state index in [-0.39, 0.29) is 0 Å². The average molecular weight is 204 g/mol. The standard InChI is InChI=1S/C14H20O/c1-3-4-5-6-7-8-13-9-11-14(15-2)12-10-13/h7-12H,3-6H2,1-2H3/b8-7-. The third-order valence-corrected chi connectivity index (χ3v) is 2.40. The van der Waals surface area contributed by atoms with Gasteiger partial charge in [-0.25, -0.2) is 0 Å². The largest absolute Gasteiger partial charge is 0.497 e. The van der Waals surface area contributed by atoms with E-state index in [0.29, 0.717) is 0 Å². The second-order valence-electron chi connectivity index (χ2n) is 3.67. The zero-order valence-electron chi connectivity index (χ0n) is 9.70. The molecule has 0 unspecified atom stereocenters. The van der Waals surface area contributed by atoms with Crippen LogP contribution in [-0.2, 0) is 0 Å². The number of benzene rings is 1. The van der Waals surface area contributed by atoms with Crippen LogP contribution in [0.3, 0.4) is 0 Å². The van der Waals surface area contributed by atoms with Crippen LogP contribution in [0.1, 0.15) is 38.2 Å². The van der Waals surface area contributed by atoms with Crippen LogP contribution in [0.25, 0.3) is 6.08 Å².